The van der Waals surface area contributed by atoms with E-state index in [4.69, 9.17) is 9.52 Å². The minimum absolute atomic E-state index is 0.270. The molecule has 2 N–H and O–H groups in total. The predicted molar refractivity (Wildman–Crippen MR) is 72.3 cm³/mol. The van der Waals surface area contributed by atoms with Gasteiger partial charge in [0.2, 0.25) is 18.2 Å². The van der Waals surface area contributed by atoms with Gasteiger partial charge in [-0.25, -0.2) is 0 Å². The Hall–Kier alpha value is -2.70. The number of rotatable bonds is 4. The third kappa shape index (κ3) is 2.62. The molecule has 7 nitrogen and oxygen atoms in total. The van der Waals surface area contributed by atoms with Crippen LogP contribution in [0.3, 0.4) is 0 Å². The molecule has 1 saturated carbocycles. The van der Waals surface area contributed by atoms with Gasteiger partial charge in [-0.15, -0.1) is 10.2 Å². The van der Waals surface area contributed by atoms with Crippen molar-refractivity contribution in [3.8, 4) is 11.5 Å². The Kier molecular flexibility index (Phi) is 3.17. The van der Waals surface area contributed by atoms with Gasteiger partial charge in [0.25, 0.3) is 0 Å². The first kappa shape index (κ1) is 13.3. The molecular weight excluding hydrogens is 274 g/mol. The van der Waals surface area contributed by atoms with Gasteiger partial charge in [0.15, 0.2) is 0 Å². The molecule has 0 bridgehead atoms. The summed E-state index contributed by atoms with van der Waals surface area (Å²) in [7, 11) is 0. The van der Waals surface area contributed by atoms with E-state index >= 15 is 0 Å². The quantitative estimate of drug-likeness (QED) is 0.886. The topological polar surface area (TPSA) is 105 Å². The van der Waals surface area contributed by atoms with Crippen molar-refractivity contribution < 1.29 is 19.1 Å². The van der Waals surface area contributed by atoms with E-state index in [-0.39, 0.29) is 5.91 Å². The van der Waals surface area contributed by atoms with Gasteiger partial charge in [0.1, 0.15) is 0 Å². The lowest BCUT2D eigenvalue weighted by atomic mass is 10.1. The SMILES string of the molecule is Cc1ccc(-c2nnco2)cc1NC(=O)C1CC1C(=O)O. The zero-order valence-electron chi connectivity index (χ0n) is 11.2. The Morgan fingerprint density at radius 2 is 2.19 bits per heavy atom. The molecule has 2 aromatic rings. The largest absolute Gasteiger partial charge is 0.481 e. The first-order chi connectivity index (χ1) is 10.1. The number of benzene rings is 1. The summed E-state index contributed by atoms with van der Waals surface area (Å²) in [5.74, 6) is -1.85. The van der Waals surface area contributed by atoms with E-state index in [2.05, 4.69) is 15.5 Å². The number of aliphatic carboxylic acids is 1. The Morgan fingerprint density at radius 3 is 2.81 bits per heavy atom. The number of aryl methyl sites for hydroxylation is 1. The molecule has 1 aromatic heterocycles. The highest BCUT2D eigenvalue weighted by molar-refractivity contribution is 5.99. The summed E-state index contributed by atoms with van der Waals surface area (Å²) >= 11 is 0. The van der Waals surface area contributed by atoms with Crippen molar-refractivity contribution in [3.05, 3.63) is 30.2 Å². The van der Waals surface area contributed by atoms with E-state index in [1.54, 1.807) is 6.07 Å². The van der Waals surface area contributed by atoms with Gasteiger partial charge in [-0.2, -0.15) is 0 Å². The number of anilines is 1. The first-order valence-electron chi connectivity index (χ1n) is 6.47. The maximum atomic E-state index is 12.0. The molecule has 0 aliphatic heterocycles. The second-order valence-corrected chi connectivity index (χ2v) is 5.05. The summed E-state index contributed by atoms with van der Waals surface area (Å²) < 4.78 is 5.12. The molecular formula is C14H13N3O4. The number of amides is 1. The summed E-state index contributed by atoms with van der Waals surface area (Å²) in [6.07, 6.45) is 1.62. The van der Waals surface area contributed by atoms with Crippen LogP contribution in [0.1, 0.15) is 12.0 Å². The second kappa shape index (κ2) is 5.01. The van der Waals surface area contributed by atoms with E-state index in [1.807, 2.05) is 19.1 Å². The number of hydrogen-bond acceptors (Lipinski definition) is 5. The van der Waals surface area contributed by atoms with Gasteiger partial charge >= 0.3 is 5.97 Å². The van der Waals surface area contributed by atoms with Crippen molar-refractivity contribution in [1.82, 2.24) is 10.2 Å². The van der Waals surface area contributed by atoms with Crippen LogP contribution in [-0.4, -0.2) is 27.2 Å². The molecule has 7 heteroatoms. The van der Waals surface area contributed by atoms with Crippen LogP contribution >= 0.6 is 0 Å². The van der Waals surface area contributed by atoms with Gasteiger partial charge in [0.05, 0.1) is 11.8 Å². The summed E-state index contributed by atoms with van der Waals surface area (Å²) in [4.78, 5) is 22.8. The van der Waals surface area contributed by atoms with Crippen LogP contribution in [-0.2, 0) is 9.59 Å². The van der Waals surface area contributed by atoms with E-state index in [9.17, 15) is 9.59 Å². The minimum Gasteiger partial charge on any atom is -0.481 e. The first-order valence-corrected chi connectivity index (χ1v) is 6.47. The molecule has 3 rings (SSSR count). The lowest BCUT2D eigenvalue weighted by Gasteiger charge is -2.09. The van der Waals surface area contributed by atoms with Crippen molar-refractivity contribution in [3.63, 3.8) is 0 Å². The Morgan fingerprint density at radius 1 is 1.38 bits per heavy atom. The maximum Gasteiger partial charge on any atom is 0.307 e. The van der Waals surface area contributed by atoms with E-state index in [0.717, 1.165) is 5.56 Å². The van der Waals surface area contributed by atoms with Gasteiger partial charge in [-0.05, 0) is 31.0 Å². The lowest BCUT2D eigenvalue weighted by Crippen LogP contribution is -2.17. The van der Waals surface area contributed by atoms with Crippen LogP contribution in [0.25, 0.3) is 11.5 Å². The van der Waals surface area contributed by atoms with Crippen molar-refractivity contribution in [2.24, 2.45) is 11.8 Å². The van der Waals surface area contributed by atoms with E-state index in [1.165, 1.54) is 6.39 Å². The molecule has 1 heterocycles. The fraction of sp³-hybridized carbons (Fsp3) is 0.286. The molecule has 2 atom stereocenters. The van der Waals surface area contributed by atoms with Crippen LogP contribution < -0.4 is 5.32 Å². The number of nitrogens with zero attached hydrogens (tertiary/aromatic N) is 2. The van der Waals surface area contributed by atoms with E-state index < -0.39 is 17.8 Å². The number of carboxylic acids is 1. The molecule has 1 aliphatic carbocycles. The summed E-state index contributed by atoms with van der Waals surface area (Å²) in [6, 6.07) is 5.38. The average Bonchev–Trinajstić information content (AvgIpc) is 3.09. The Balaban J connectivity index is 1.78. The standard InChI is InChI=1S/C14H13N3O4/c1-7-2-3-8(13-17-15-6-21-13)4-11(7)16-12(18)9-5-10(9)14(19)20/h2-4,6,9-10H,5H2,1H3,(H,16,18)(H,19,20). The highest BCUT2D eigenvalue weighted by Gasteiger charge is 2.48. The molecule has 1 aliphatic rings. The molecule has 0 saturated heterocycles. The van der Waals surface area contributed by atoms with Crippen molar-refractivity contribution in [2.75, 3.05) is 5.32 Å². The fourth-order valence-corrected chi connectivity index (χ4v) is 2.17. The van der Waals surface area contributed by atoms with Gasteiger partial charge in [-0.1, -0.05) is 6.07 Å². The highest BCUT2D eigenvalue weighted by atomic mass is 16.4. The summed E-state index contributed by atoms with van der Waals surface area (Å²) in [5.41, 5.74) is 2.19. The lowest BCUT2D eigenvalue weighted by molar-refractivity contribution is -0.139. The van der Waals surface area contributed by atoms with Crippen LogP contribution in [0.15, 0.2) is 29.0 Å². The predicted octanol–water partition coefficient (Wildman–Crippen LogP) is 1.70. The average molecular weight is 287 g/mol. The van der Waals surface area contributed by atoms with Crippen LogP contribution in [0.5, 0.6) is 0 Å². The number of nitrogens with one attached hydrogen (secondary N) is 1. The molecule has 108 valence electrons. The van der Waals surface area contributed by atoms with E-state index in [0.29, 0.717) is 23.6 Å². The van der Waals surface area contributed by atoms with Crippen LogP contribution in [0.4, 0.5) is 5.69 Å². The zero-order chi connectivity index (χ0) is 15.0. The van der Waals surface area contributed by atoms with Crippen molar-refractivity contribution >= 4 is 17.6 Å². The minimum atomic E-state index is -0.925. The zero-order valence-corrected chi connectivity index (χ0v) is 11.2. The van der Waals surface area contributed by atoms with Gasteiger partial charge in [0, 0.05) is 11.3 Å². The molecule has 1 aromatic carbocycles. The third-order valence-corrected chi connectivity index (χ3v) is 3.55. The number of carbonyl (C=O) groups excluding carboxylic acids is 1. The highest BCUT2D eigenvalue weighted by Crippen LogP contribution is 2.39. The molecule has 21 heavy (non-hydrogen) atoms. The number of carbonyl (C=O) groups is 2. The molecule has 0 spiro atoms. The molecule has 1 fully saturated rings. The third-order valence-electron chi connectivity index (χ3n) is 3.55. The summed E-state index contributed by atoms with van der Waals surface area (Å²) in [6.45, 7) is 1.86. The second-order valence-electron chi connectivity index (χ2n) is 5.05. The smallest absolute Gasteiger partial charge is 0.307 e. The van der Waals surface area contributed by atoms with Crippen LogP contribution in [0.2, 0.25) is 0 Å². The van der Waals surface area contributed by atoms with Crippen LogP contribution in [0, 0.1) is 18.8 Å². The van der Waals surface area contributed by atoms with Gasteiger partial charge in [-0.3, -0.25) is 9.59 Å². The number of aromatic nitrogens is 2. The maximum absolute atomic E-state index is 12.0. The fourth-order valence-electron chi connectivity index (χ4n) is 2.17. The van der Waals surface area contributed by atoms with Crippen molar-refractivity contribution in [1.29, 1.82) is 0 Å². The number of hydrogen-bond donors (Lipinski definition) is 2. The summed E-state index contributed by atoms with van der Waals surface area (Å²) in [5, 5.41) is 19.0. The molecule has 2 unspecified atom stereocenters. The molecule has 0 radical (unpaired) electrons. The van der Waals surface area contributed by atoms with Gasteiger partial charge < -0.3 is 14.8 Å². The monoisotopic (exact) mass is 287 g/mol. The molecule has 1 amide bonds. The Bertz CT molecular complexity index is 696. The number of carboxylic acid groups (broad SMARTS) is 1. The normalized spacial score (nSPS) is 20.0. The van der Waals surface area contributed by atoms with Crippen molar-refractivity contribution in [2.45, 2.75) is 13.3 Å². The Labute approximate surface area is 120 Å².